The molecule has 2 N–H and O–H groups in total. The van der Waals surface area contributed by atoms with E-state index in [2.05, 4.69) is 123 Å². The first kappa shape index (κ1) is 24.3. The van der Waals surface area contributed by atoms with E-state index >= 15 is 0 Å². The van der Waals surface area contributed by atoms with Crippen LogP contribution in [0.3, 0.4) is 0 Å². The molecule has 4 aromatic carbocycles. The molecule has 0 atom stereocenters. The Hall–Kier alpha value is -4.43. The normalized spacial score (nSPS) is 14.1. The van der Waals surface area contributed by atoms with Gasteiger partial charge in [-0.1, -0.05) is 130 Å². The number of aliphatic imine (C=N–C) groups is 1. The monoisotopic (exact) mass is 480 g/mol. The number of benzene rings is 4. The highest BCUT2D eigenvalue weighted by atomic mass is 14.8. The summed E-state index contributed by atoms with van der Waals surface area (Å²) in [6.07, 6.45) is 5.18. The number of hydrogen-bond acceptors (Lipinski definition) is 1. The maximum absolute atomic E-state index is 6.08. The molecule has 0 spiro atoms. The summed E-state index contributed by atoms with van der Waals surface area (Å²) in [5.41, 5.74) is 18.3. The maximum atomic E-state index is 6.08. The molecule has 2 nitrogen and oxygen atoms in total. The molecule has 0 aromatic heterocycles. The molecule has 0 unspecified atom stereocenters. The second-order valence-corrected chi connectivity index (χ2v) is 9.97. The fraction of sp³-hybridized carbons (Fsp3) is 0.114. The average Bonchev–Trinajstić information content (AvgIpc) is 3.17. The van der Waals surface area contributed by atoms with Crippen LogP contribution in [0, 0.1) is 0 Å². The lowest BCUT2D eigenvalue weighted by Gasteiger charge is -2.22. The highest BCUT2D eigenvalue weighted by Crippen LogP contribution is 2.49. The SMILES string of the molecule is C=C/C=C(\C=C)C(N)=NCc1ccc(-c2ccc(-c3ccc4c(c3)C(C)(C)c3ccccc3-4)cc2)cc1. The Balaban J connectivity index is 1.34. The van der Waals surface area contributed by atoms with Gasteiger partial charge in [-0.15, -0.1) is 0 Å². The number of nitrogens with two attached hydrogens (primary N) is 1. The second kappa shape index (κ2) is 9.91. The van der Waals surface area contributed by atoms with E-state index < -0.39 is 0 Å². The number of hydrogen-bond donors (Lipinski definition) is 1. The molecule has 0 fully saturated rings. The van der Waals surface area contributed by atoms with Crippen LogP contribution < -0.4 is 5.73 Å². The van der Waals surface area contributed by atoms with Gasteiger partial charge in [-0.05, 0) is 56.1 Å². The summed E-state index contributed by atoms with van der Waals surface area (Å²) in [5.74, 6) is 0.466. The van der Waals surface area contributed by atoms with E-state index in [0.717, 1.165) is 11.1 Å². The number of nitrogens with zero attached hydrogens (tertiary/aromatic N) is 1. The molecule has 0 heterocycles. The number of allylic oxidation sites excluding steroid dienone is 2. The summed E-state index contributed by atoms with van der Waals surface area (Å²) in [6, 6.07) is 33.0. The largest absolute Gasteiger partial charge is 0.383 e. The Bertz CT molecular complexity index is 1530. The minimum atomic E-state index is 0.00747. The molecule has 0 bridgehead atoms. The zero-order valence-corrected chi connectivity index (χ0v) is 21.5. The molecule has 37 heavy (non-hydrogen) atoms. The van der Waals surface area contributed by atoms with Crippen molar-refractivity contribution in [3.63, 3.8) is 0 Å². The number of amidine groups is 1. The van der Waals surface area contributed by atoms with Gasteiger partial charge in [0, 0.05) is 11.0 Å². The van der Waals surface area contributed by atoms with Crippen LogP contribution in [0.5, 0.6) is 0 Å². The van der Waals surface area contributed by atoms with E-state index in [1.807, 2.05) is 0 Å². The molecular formula is C35H32N2. The molecule has 1 aliphatic carbocycles. The summed E-state index contributed by atoms with van der Waals surface area (Å²) in [4.78, 5) is 4.49. The van der Waals surface area contributed by atoms with Gasteiger partial charge in [0.1, 0.15) is 5.84 Å². The molecule has 182 valence electrons. The van der Waals surface area contributed by atoms with E-state index in [1.165, 1.54) is 44.5 Å². The van der Waals surface area contributed by atoms with Crippen LogP contribution in [0.2, 0.25) is 0 Å². The van der Waals surface area contributed by atoms with Crippen molar-refractivity contribution in [3.8, 4) is 33.4 Å². The third-order valence-electron chi connectivity index (χ3n) is 7.33. The quantitative estimate of drug-likeness (QED) is 0.161. The molecular weight excluding hydrogens is 448 g/mol. The lowest BCUT2D eigenvalue weighted by atomic mass is 9.81. The highest BCUT2D eigenvalue weighted by Gasteiger charge is 2.35. The molecule has 1 aliphatic rings. The predicted octanol–water partition coefficient (Wildman–Crippen LogP) is 8.48. The van der Waals surface area contributed by atoms with Crippen molar-refractivity contribution < 1.29 is 0 Å². The van der Waals surface area contributed by atoms with E-state index in [0.29, 0.717) is 12.4 Å². The van der Waals surface area contributed by atoms with Gasteiger partial charge >= 0.3 is 0 Å². The van der Waals surface area contributed by atoms with E-state index in [9.17, 15) is 0 Å². The van der Waals surface area contributed by atoms with Gasteiger partial charge in [-0.2, -0.15) is 0 Å². The van der Waals surface area contributed by atoms with Crippen molar-refractivity contribution in [2.75, 3.05) is 0 Å². The smallest absolute Gasteiger partial charge is 0.125 e. The van der Waals surface area contributed by atoms with Gasteiger partial charge in [0.25, 0.3) is 0 Å². The van der Waals surface area contributed by atoms with Gasteiger partial charge in [-0.3, -0.25) is 4.99 Å². The van der Waals surface area contributed by atoms with Crippen LogP contribution in [-0.2, 0) is 12.0 Å². The molecule has 4 aromatic rings. The van der Waals surface area contributed by atoms with Crippen LogP contribution in [0.1, 0.15) is 30.5 Å². The molecule has 5 rings (SSSR count). The average molecular weight is 481 g/mol. The zero-order valence-electron chi connectivity index (χ0n) is 21.5. The molecule has 0 radical (unpaired) electrons. The Morgan fingerprint density at radius 3 is 1.97 bits per heavy atom. The first-order valence-electron chi connectivity index (χ1n) is 12.6. The van der Waals surface area contributed by atoms with Gasteiger partial charge < -0.3 is 5.73 Å². The van der Waals surface area contributed by atoms with Gasteiger partial charge in [0.05, 0.1) is 6.54 Å². The summed E-state index contributed by atoms with van der Waals surface area (Å²) in [7, 11) is 0. The highest BCUT2D eigenvalue weighted by molar-refractivity contribution is 5.99. The van der Waals surface area contributed by atoms with Crippen molar-refractivity contribution in [2.45, 2.75) is 25.8 Å². The molecule has 2 heteroatoms. The number of rotatable bonds is 7. The standard InChI is InChI=1S/C35H32N2/c1-5-9-25(6-2)34(36)37-23-24-12-14-26(15-13-24)27-16-18-28(19-17-27)29-20-21-31-30-10-7-8-11-32(30)35(3,4)33(31)22-29/h5-22H,1-2,23H2,3-4H3,(H2,36,37)/b25-9+. The summed E-state index contributed by atoms with van der Waals surface area (Å²) in [5, 5.41) is 0. The summed E-state index contributed by atoms with van der Waals surface area (Å²) < 4.78 is 0. The van der Waals surface area contributed by atoms with Crippen molar-refractivity contribution >= 4 is 5.84 Å². The second-order valence-electron chi connectivity index (χ2n) is 9.97. The van der Waals surface area contributed by atoms with E-state index in [4.69, 9.17) is 5.73 Å². The van der Waals surface area contributed by atoms with E-state index in [1.54, 1.807) is 18.2 Å². The van der Waals surface area contributed by atoms with Crippen LogP contribution in [0.4, 0.5) is 0 Å². The Labute approximate surface area is 220 Å². The maximum Gasteiger partial charge on any atom is 0.125 e. The lowest BCUT2D eigenvalue weighted by Crippen LogP contribution is -2.14. The van der Waals surface area contributed by atoms with Crippen LogP contribution >= 0.6 is 0 Å². The van der Waals surface area contributed by atoms with Crippen LogP contribution in [-0.4, -0.2) is 5.84 Å². The topological polar surface area (TPSA) is 38.4 Å². The van der Waals surface area contributed by atoms with Crippen molar-refractivity contribution in [2.24, 2.45) is 10.7 Å². The van der Waals surface area contributed by atoms with Crippen LogP contribution in [0.15, 0.2) is 133 Å². The third-order valence-corrected chi connectivity index (χ3v) is 7.33. The molecule has 0 saturated heterocycles. The lowest BCUT2D eigenvalue weighted by molar-refractivity contribution is 0.660. The summed E-state index contributed by atoms with van der Waals surface area (Å²) >= 11 is 0. The minimum Gasteiger partial charge on any atom is -0.383 e. The predicted molar refractivity (Wildman–Crippen MR) is 159 cm³/mol. The number of fused-ring (bicyclic) bond motifs is 3. The van der Waals surface area contributed by atoms with Crippen molar-refractivity contribution in [3.05, 3.63) is 145 Å². The summed E-state index contributed by atoms with van der Waals surface area (Å²) in [6.45, 7) is 12.6. The Kier molecular flexibility index (Phi) is 6.50. The first-order valence-corrected chi connectivity index (χ1v) is 12.6. The molecule has 0 amide bonds. The fourth-order valence-corrected chi connectivity index (χ4v) is 5.19. The zero-order chi connectivity index (χ0) is 26.0. The minimum absolute atomic E-state index is 0.00747. The van der Waals surface area contributed by atoms with Gasteiger partial charge in [0.15, 0.2) is 0 Å². The van der Waals surface area contributed by atoms with Crippen LogP contribution in [0.25, 0.3) is 33.4 Å². The Morgan fingerprint density at radius 2 is 1.32 bits per heavy atom. The third kappa shape index (κ3) is 4.59. The van der Waals surface area contributed by atoms with E-state index in [-0.39, 0.29) is 5.41 Å². The molecule has 0 saturated carbocycles. The van der Waals surface area contributed by atoms with Gasteiger partial charge in [0.2, 0.25) is 0 Å². The van der Waals surface area contributed by atoms with Crippen molar-refractivity contribution in [1.29, 1.82) is 0 Å². The molecule has 0 aliphatic heterocycles. The van der Waals surface area contributed by atoms with Crippen molar-refractivity contribution in [1.82, 2.24) is 0 Å². The Morgan fingerprint density at radius 1 is 0.757 bits per heavy atom. The van der Waals surface area contributed by atoms with Gasteiger partial charge in [-0.25, -0.2) is 0 Å². The fourth-order valence-electron chi connectivity index (χ4n) is 5.19. The first-order chi connectivity index (χ1) is 17.9.